The van der Waals surface area contributed by atoms with Crippen LogP contribution in [0.3, 0.4) is 0 Å². The van der Waals surface area contributed by atoms with Gasteiger partial charge in [-0.2, -0.15) is 0 Å². The number of carbonyl (C=O) groups is 1. The molecular weight excluding hydrogens is 214 g/mol. The SMILES string of the molecule is O=C(NC1CCN(C2CC2)C1)C1CCCNC1. The maximum atomic E-state index is 12.1. The molecule has 0 aromatic heterocycles. The molecule has 2 saturated heterocycles. The molecule has 3 aliphatic rings. The van der Waals surface area contributed by atoms with Crippen molar-refractivity contribution >= 4 is 5.91 Å². The van der Waals surface area contributed by atoms with E-state index in [1.807, 2.05) is 0 Å². The molecule has 1 saturated carbocycles. The smallest absolute Gasteiger partial charge is 0.224 e. The molecule has 2 heterocycles. The highest BCUT2D eigenvalue weighted by Crippen LogP contribution is 2.29. The van der Waals surface area contributed by atoms with E-state index in [1.165, 1.54) is 19.4 Å². The van der Waals surface area contributed by atoms with Gasteiger partial charge in [0.05, 0.1) is 5.92 Å². The molecule has 17 heavy (non-hydrogen) atoms. The van der Waals surface area contributed by atoms with Gasteiger partial charge in [0.15, 0.2) is 0 Å². The van der Waals surface area contributed by atoms with E-state index in [0.29, 0.717) is 6.04 Å². The van der Waals surface area contributed by atoms with E-state index in [-0.39, 0.29) is 11.8 Å². The van der Waals surface area contributed by atoms with E-state index in [4.69, 9.17) is 0 Å². The minimum Gasteiger partial charge on any atom is -0.352 e. The highest BCUT2D eigenvalue weighted by molar-refractivity contribution is 5.79. The fourth-order valence-electron chi connectivity index (χ4n) is 3.07. The molecule has 0 radical (unpaired) electrons. The van der Waals surface area contributed by atoms with E-state index < -0.39 is 0 Å². The predicted molar refractivity (Wildman–Crippen MR) is 66.7 cm³/mol. The van der Waals surface area contributed by atoms with Crippen LogP contribution in [0.2, 0.25) is 0 Å². The van der Waals surface area contributed by atoms with Crippen LogP contribution in [0.5, 0.6) is 0 Å². The van der Waals surface area contributed by atoms with Crippen LogP contribution in [-0.2, 0) is 4.79 Å². The van der Waals surface area contributed by atoms with Crippen molar-refractivity contribution in [2.45, 2.75) is 44.2 Å². The highest BCUT2D eigenvalue weighted by atomic mass is 16.2. The first kappa shape index (κ1) is 11.5. The van der Waals surface area contributed by atoms with Crippen LogP contribution in [0.1, 0.15) is 32.1 Å². The number of rotatable bonds is 3. The number of amides is 1. The predicted octanol–water partition coefficient (Wildman–Crippen LogP) is 0.339. The van der Waals surface area contributed by atoms with E-state index in [9.17, 15) is 4.79 Å². The normalized spacial score (nSPS) is 34.8. The molecule has 1 amide bonds. The Bertz CT molecular complexity index is 284. The Kier molecular flexibility index (Phi) is 3.34. The molecule has 96 valence electrons. The Balaban J connectivity index is 1.44. The molecule has 1 aliphatic carbocycles. The van der Waals surface area contributed by atoms with Crippen molar-refractivity contribution in [1.82, 2.24) is 15.5 Å². The molecule has 3 fully saturated rings. The van der Waals surface area contributed by atoms with Crippen LogP contribution in [-0.4, -0.2) is 49.1 Å². The lowest BCUT2D eigenvalue weighted by Crippen LogP contribution is -2.45. The topological polar surface area (TPSA) is 44.4 Å². The van der Waals surface area contributed by atoms with Crippen LogP contribution in [0, 0.1) is 5.92 Å². The first-order chi connectivity index (χ1) is 8.33. The van der Waals surface area contributed by atoms with Crippen molar-refractivity contribution in [3.05, 3.63) is 0 Å². The van der Waals surface area contributed by atoms with Gasteiger partial charge in [-0.1, -0.05) is 0 Å². The Morgan fingerprint density at radius 1 is 1.24 bits per heavy atom. The Morgan fingerprint density at radius 3 is 2.82 bits per heavy atom. The molecule has 2 unspecified atom stereocenters. The molecule has 4 heteroatoms. The zero-order chi connectivity index (χ0) is 11.7. The maximum Gasteiger partial charge on any atom is 0.224 e. The van der Waals surface area contributed by atoms with E-state index in [2.05, 4.69) is 15.5 Å². The Morgan fingerprint density at radius 2 is 2.12 bits per heavy atom. The maximum absolute atomic E-state index is 12.1. The second-order valence-electron chi connectivity index (χ2n) is 5.76. The number of nitrogens with one attached hydrogen (secondary N) is 2. The number of nitrogens with zero attached hydrogens (tertiary/aromatic N) is 1. The van der Waals surface area contributed by atoms with E-state index in [1.54, 1.807) is 0 Å². The van der Waals surface area contributed by atoms with Crippen molar-refractivity contribution in [2.75, 3.05) is 26.2 Å². The number of piperidine rings is 1. The number of likely N-dealkylation sites (tertiary alicyclic amines) is 1. The zero-order valence-corrected chi connectivity index (χ0v) is 10.5. The van der Waals surface area contributed by atoms with Gasteiger partial charge in [0.1, 0.15) is 0 Å². The number of hydrogen-bond donors (Lipinski definition) is 2. The van der Waals surface area contributed by atoms with Crippen LogP contribution in [0.15, 0.2) is 0 Å². The summed E-state index contributed by atoms with van der Waals surface area (Å²) < 4.78 is 0. The summed E-state index contributed by atoms with van der Waals surface area (Å²) in [4.78, 5) is 14.6. The third-order valence-electron chi connectivity index (χ3n) is 4.30. The summed E-state index contributed by atoms with van der Waals surface area (Å²) in [5.41, 5.74) is 0. The van der Waals surface area contributed by atoms with Crippen LogP contribution in [0.4, 0.5) is 0 Å². The van der Waals surface area contributed by atoms with Crippen molar-refractivity contribution in [3.63, 3.8) is 0 Å². The summed E-state index contributed by atoms with van der Waals surface area (Å²) in [6.07, 6.45) is 6.07. The lowest BCUT2D eigenvalue weighted by Gasteiger charge is -2.24. The first-order valence-corrected chi connectivity index (χ1v) is 7.08. The molecule has 0 aromatic rings. The van der Waals surface area contributed by atoms with Crippen LogP contribution in [0.25, 0.3) is 0 Å². The fourth-order valence-corrected chi connectivity index (χ4v) is 3.07. The molecule has 4 nitrogen and oxygen atoms in total. The fraction of sp³-hybridized carbons (Fsp3) is 0.923. The second-order valence-corrected chi connectivity index (χ2v) is 5.76. The van der Waals surface area contributed by atoms with Crippen molar-refractivity contribution in [2.24, 2.45) is 5.92 Å². The summed E-state index contributed by atoms with van der Waals surface area (Å²) in [6.45, 7) is 4.20. The Labute approximate surface area is 103 Å². The largest absolute Gasteiger partial charge is 0.352 e. The second kappa shape index (κ2) is 4.94. The minimum atomic E-state index is 0.207. The average molecular weight is 237 g/mol. The highest BCUT2D eigenvalue weighted by Gasteiger charge is 2.35. The molecular formula is C13H23N3O. The Hall–Kier alpha value is -0.610. The van der Waals surface area contributed by atoms with Crippen molar-refractivity contribution in [1.29, 1.82) is 0 Å². The lowest BCUT2D eigenvalue weighted by atomic mass is 9.98. The van der Waals surface area contributed by atoms with Crippen LogP contribution >= 0.6 is 0 Å². The quantitative estimate of drug-likeness (QED) is 0.744. The van der Waals surface area contributed by atoms with Gasteiger partial charge in [-0.3, -0.25) is 9.69 Å². The van der Waals surface area contributed by atoms with Crippen LogP contribution < -0.4 is 10.6 Å². The molecule has 2 atom stereocenters. The summed E-state index contributed by atoms with van der Waals surface area (Å²) in [7, 11) is 0. The summed E-state index contributed by atoms with van der Waals surface area (Å²) in [6, 6.07) is 1.25. The van der Waals surface area contributed by atoms with Gasteiger partial charge in [-0.05, 0) is 38.6 Å². The summed E-state index contributed by atoms with van der Waals surface area (Å²) >= 11 is 0. The van der Waals surface area contributed by atoms with Gasteiger partial charge in [-0.25, -0.2) is 0 Å². The lowest BCUT2D eigenvalue weighted by molar-refractivity contribution is -0.126. The van der Waals surface area contributed by atoms with Gasteiger partial charge >= 0.3 is 0 Å². The van der Waals surface area contributed by atoms with Gasteiger partial charge in [0.25, 0.3) is 0 Å². The van der Waals surface area contributed by atoms with Gasteiger partial charge in [0.2, 0.25) is 5.91 Å². The third kappa shape index (κ3) is 2.80. The average Bonchev–Trinajstić information content (AvgIpc) is 3.12. The molecule has 3 rings (SSSR count). The first-order valence-electron chi connectivity index (χ1n) is 7.08. The van der Waals surface area contributed by atoms with Gasteiger partial charge in [-0.15, -0.1) is 0 Å². The van der Waals surface area contributed by atoms with Gasteiger partial charge in [0, 0.05) is 31.7 Å². The number of carbonyl (C=O) groups excluding carboxylic acids is 1. The van der Waals surface area contributed by atoms with E-state index >= 15 is 0 Å². The monoisotopic (exact) mass is 237 g/mol. The summed E-state index contributed by atoms with van der Waals surface area (Å²) in [5.74, 6) is 0.485. The molecule has 0 aromatic carbocycles. The van der Waals surface area contributed by atoms with Gasteiger partial charge < -0.3 is 10.6 Å². The van der Waals surface area contributed by atoms with E-state index in [0.717, 1.165) is 44.9 Å². The molecule has 2 aliphatic heterocycles. The van der Waals surface area contributed by atoms with Crippen molar-refractivity contribution < 1.29 is 4.79 Å². The molecule has 0 bridgehead atoms. The molecule has 2 N–H and O–H groups in total. The zero-order valence-electron chi connectivity index (χ0n) is 10.5. The number of hydrogen-bond acceptors (Lipinski definition) is 3. The standard InChI is InChI=1S/C13H23N3O/c17-13(10-2-1-6-14-8-10)15-11-5-7-16(9-11)12-3-4-12/h10-12,14H,1-9H2,(H,15,17). The third-order valence-corrected chi connectivity index (χ3v) is 4.30. The summed E-state index contributed by atoms with van der Waals surface area (Å²) in [5, 5.41) is 6.55. The minimum absolute atomic E-state index is 0.207. The van der Waals surface area contributed by atoms with Crippen molar-refractivity contribution in [3.8, 4) is 0 Å². The molecule has 0 spiro atoms.